The average Bonchev–Trinajstić information content (AvgIpc) is 2.29. The Hall–Kier alpha value is -1.35. The van der Waals surface area contributed by atoms with Crippen molar-refractivity contribution >= 4 is 0 Å². The van der Waals surface area contributed by atoms with Gasteiger partial charge < -0.3 is 10.1 Å². The SMILES string of the molecule is COc1cc(C(C)NCC=C(C)C)ccc1F. The minimum absolute atomic E-state index is 0.167. The number of hydrogen-bond donors (Lipinski definition) is 1. The summed E-state index contributed by atoms with van der Waals surface area (Å²) in [5.74, 6) is -0.0360. The van der Waals surface area contributed by atoms with Crippen LogP contribution in [0.25, 0.3) is 0 Å². The van der Waals surface area contributed by atoms with Crippen LogP contribution < -0.4 is 10.1 Å². The van der Waals surface area contributed by atoms with Gasteiger partial charge in [0.2, 0.25) is 0 Å². The zero-order chi connectivity index (χ0) is 12.8. The summed E-state index contributed by atoms with van der Waals surface area (Å²) in [6, 6.07) is 5.11. The maximum absolute atomic E-state index is 13.2. The molecule has 1 N–H and O–H groups in total. The molecule has 0 saturated heterocycles. The van der Waals surface area contributed by atoms with E-state index in [0.29, 0.717) is 5.75 Å². The largest absolute Gasteiger partial charge is 0.494 e. The van der Waals surface area contributed by atoms with Gasteiger partial charge in [-0.2, -0.15) is 0 Å². The molecule has 1 atom stereocenters. The number of nitrogens with one attached hydrogen (secondary N) is 1. The molecule has 0 spiro atoms. The van der Waals surface area contributed by atoms with E-state index in [1.165, 1.54) is 18.7 Å². The molecule has 0 fully saturated rings. The Kier molecular flexibility index (Phi) is 5.16. The third-order valence-electron chi connectivity index (χ3n) is 2.61. The highest BCUT2D eigenvalue weighted by Gasteiger charge is 2.08. The summed E-state index contributed by atoms with van der Waals surface area (Å²) in [5.41, 5.74) is 2.30. The summed E-state index contributed by atoms with van der Waals surface area (Å²) in [7, 11) is 1.48. The Morgan fingerprint density at radius 1 is 1.47 bits per heavy atom. The zero-order valence-corrected chi connectivity index (χ0v) is 10.9. The highest BCUT2D eigenvalue weighted by Crippen LogP contribution is 2.22. The second-order valence-corrected chi connectivity index (χ2v) is 4.31. The van der Waals surface area contributed by atoms with Crippen LogP contribution in [0.4, 0.5) is 4.39 Å². The number of hydrogen-bond acceptors (Lipinski definition) is 2. The Balaban J connectivity index is 2.68. The summed E-state index contributed by atoms with van der Waals surface area (Å²) in [6.07, 6.45) is 2.12. The van der Waals surface area contributed by atoms with Crippen LogP contribution in [-0.2, 0) is 0 Å². The lowest BCUT2D eigenvalue weighted by Gasteiger charge is -2.14. The van der Waals surface area contributed by atoms with E-state index in [-0.39, 0.29) is 11.9 Å². The number of benzene rings is 1. The Morgan fingerprint density at radius 3 is 2.76 bits per heavy atom. The Morgan fingerprint density at radius 2 is 2.18 bits per heavy atom. The monoisotopic (exact) mass is 237 g/mol. The van der Waals surface area contributed by atoms with Gasteiger partial charge in [0, 0.05) is 12.6 Å². The molecule has 0 heterocycles. The Labute approximate surface area is 102 Å². The number of ether oxygens (including phenoxy) is 1. The maximum atomic E-state index is 13.2. The van der Waals surface area contributed by atoms with E-state index in [0.717, 1.165) is 12.1 Å². The molecule has 1 rings (SSSR count). The van der Waals surface area contributed by atoms with E-state index >= 15 is 0 Å². The van der Waals surface area contributed by atoms with Crippen LogP contribution >= 0.6 is 0 Å². The van der Waals surface area contributed by atoms with Crippen molar-refractivity contribution in [2.45, 2.75) is 26.8 Å². The topological polar surface area (TPSA) is 21.3 Å². The summed E-state index contributed by atoms with van der Waals surface area (Å²) >= 11 is 0. The molecule has 1 aromatic rings. The molecule has 0 aromatic heterocycles. The molecule has 0 bridgehead atoms. The predicted molar refractivity (Wildman–Crippen MR) is 68.8 cm³/mol. The first-order chi connectivity index (χ1) is 8.04. The summed E-state index contributed by atoms with van der Waals surface area (Å²) < 4.78 is 18.2. The standard InChI is InChI=1S/C14H20FNO/c1-10(2)7-8-16-11(3)12-5-6-13(15)14(9-12)17-4/h5-7,9,11,16H,8H2,1-4H3. The molecule has 17 heavy (non-hydrogen) atoms. The molecule has 1 unspecified atom stereocenters. The van der Waals surface area contributed by atoms with Crippen LogP contribution in [0.15, 0.2) is 29.8 Å². The van der Waals surface area contributed by atoms with Gasteiger partial charge in [-0.3, -0.25) is 0 Å². The number of allylic oxidation sites excluding steroid dienone is 1. The first kappa shape index (κ1) is 13.7. The van der Waals surface area contributed by atoms with E-state index in [2.05, 4.69) is 25.2 Å². The number of rotatable bonds is 5. The minimum Gasteiger partial charge on any atom is -0.494 e. The third kappa shape index (κ3) is 4.19. The molecule has 0 aliphatic rings. The molecule has 94 valence electrons. The van der Waals surface area contributed by atoms with Gasteiger partial charge in [-0.05, 0) is 38.5 Å². The zero-order valence-electron chi connectivity index (χ0n) is 10.9. The molecule has 0 saturated carbocycles. The van der Waals surface area contributed by atoms with Gasteiger partial charge in [-0.25, -0.2) is 4.39 Å². The van der Waals surface area contributed by atoms with Crippen molar-refractivity contribution in [2.24, 2.45) is 0 Å². The van der Waals surface area contributed by atoms with Crippen molar-refractivity contribution in [3.63, 3.8) is 0 Å². The van der Waals surface area contributed by atoms with Crippen LogP contribution in [0, 0.1) is 5.82 Å². The van der Waals surface area contributed by atoms with Crippen LogP contribution in [0.1, 0.15) is 32.4 Å². The van der Waals surface area contributed by atoms with Gasteiger partial charge in [-0.15, -0.1) is 0 Å². The van der Waals surface area contributed by atoms with Crippen molar-refractivity contribution < 1.29 is 9.13 Å². The molecular formula is C14H20FNO. The normalized spacial score (nSPS) is 12.1. The van der Waals surface area contributed by atoms with Crippen LogP contribution in [0.3, 0.4) is 0 Å². The second kappa shape index (κ2) is 6.40. The van der Waals surface area contributed by atoms with Gasteiger partial charge in [0.05, 0.1) is 7.11 Å². The Bertz CT molecular complexity index is 397. The first-order valence-electron chi connectivity index (χ1n) is 5.74. The van der Waals surface area contributed by atoms with E-state index < -0.39 is 0 Å². The van der Waals surface area contributed by atoms with Gasteiger partial charge in [-0.1, -0.05) is 17.7 Å². The van der Waals surface area contributed by atoms with Gasteiger partial charge in [0.15, 0.2) is 11.6 Å². The van der Waals surface area contributed by atoms with Crippen LogP contribution in [-0.4, -0.2) is 13.7 Å². The van der Waals surface area contributed by atoms with Crippen molar-refractivity contribution in [2.75, 3.05) is 13.7 Å². The molecule has 2 nitrogen and oxygen atoms in total. The van der Waals surface area contributed by atoms with Crippen molar-refractivity contribution in [1.29, 1.82) is 0 Å². The van der Waals surface area contributed by atoms with Crippen LogP contribution in [0.5, 0.6) is 5.75 Å². The quantitative estimate of drug-likeness (QED) is 0.792. The fraction of sp³-hybridized carbons (Fsp3) is 0.429. The number of methoxy groups -OCH3 is 1. The van der Waals surface area contributed by atoms with E-state index in [4.69, 9.17) is 4.74 Å². The smallest absolute Gasteiger partial charge is 0.165 e. The molecule has 0 aliphatic heterocycles. The highest BCUT2D eigenvalue weighted by molar-refractivity contribution is 5.31. The van der Waals surface area contributed by atoms with E-state index in [9.17, 15) is 4.39 Å². The molecule has 1 aromatic carbocycles. The minimum atomic E-state index is -0.326. The van der Waals surface area contributed by atoms with Crippen molar-refractivity contribution in [1.82, 2.24) is 5.32 Å². The molecule has 0 amide bonds. The van der Waals surface area contributed by atoms with Crippen molar-refractivity contribution in [3.8, 4) is 5.75 Å². The molecule has 0 aliphatic carbocycles. The fourth-order valence-corrected chi connectivity index (χ4v) is 1.50. The summed E-state index contributed by atoms with van der Waals surface area (Å²) in [5, 5.41) is 3.35. The average molecular weight is 237 g/mol. The van der Waals surface area contributed by atoms with Gasteiger partial charge in [0.1, 0.15) is 0 Å². The number of halogens is 1. The summed E-state index contributed by atoms with van der Waals surface area (Å²) in [4.78, 5) is 0. The van der Waals surface area contributed by atoms with Gasteiger partial charge in [0.25, 0.3) is 0 Å². The third-order valence-corrected chi connectivity index (χ3v) is 2.61. The lowest BCUT2D eigenvalue weighted by atomic mass is 10.1. The van der Waals surface area contributed by atoms with Crippen LogP contribution in [0.2, 0.25) is 0 Å². The van der Waals surface area contributed by atoms with Gasteiger partial charge >= 0.3 is 0 Å². The molecule has 3 heteroatoms. The van der Waals surface area contributed by atoms with E-state index in [1.54, 1.807) is 12.1 Å². The highest BCUT2D eigenvalue weighted by atomic mass is 19.1. The molecule has 0 radical (unpaired) electrons. The fourth-order valence-electron chi connectivity index (χ4n) is 1.50. The maximum Gasteiger partial charge on any atom is 0.165 e. The molecular weight excluding hydrogens is 217 g/mol. The lowest BCUT2D eigenvalue weighted by Crippen LogP contribution is -2.18. The predicted octanol–water partition coefficient (Wildman–Crippen LogP) is 3.45. The lowest BCUT2D eigenvalue weighted by molar-refractivity contribution is 0.385. The van der Waals surface area contributed by atoms with Crippen molar-refractivity contribution in [3.05, 3.63) is 41.2 Å². The van der Waals surface area contributed by atoms with E-state index in [1.807, 2.05) is 6.92 Å². The summed E-state index contributed by atoms with van der Waals surface area (Å²) in [6.45, 7) is 6.98. The second-order valence-electron chi connectivity index (χ2n) is 4.31. The first-order valence-corrected chi connectivity index (χ1v) is 5.74.